The Morgan fingerprint density at radius 2 is 2.09 bits per heavy atom. The van der Waals surface area contributed by atoms with Crippen LogP contribution in [0.25, 0.3) is 0 Å². The smallest absolute Gasteiger partial charge is 0.191 e. The summed E-state index contributed by atoms with van der Waals surface area (Å²) in [4.78, 5) is 6.12. The maximum absolute atomic E-state index is 5.17. The van der Waals surface area contributed by atoms with Crippen LogP contribution in [-0.2, 0) is 4.74 Å². The van der Waals surface area contributed by atoms with E-state index in [0.717, 1.165) is 19.0 Å². The maximum atomic E-state index is 5.17. The summed E-state index contributed by atoms with van der Waals surface area (Å²) in [5.74, 6) is 0.881. The summed E-state index contributed by atoms with van der Waals surface area (Å²) in [5, 5.41) is 6.70. The number of benzene rings is 1. The van der Waals surface area contributed by atoms with Crippen molar-refractivity contribution in [1.82, 2.24) is 10.6 Å². The average Bonchev–Trinajstić information content (AvgIpc) is 3.26. The first kappa shape index (κ1) is 17.2. The Morgan fingerprint density at radius 1 is 1.36 bits per heavy atom. The molecule has 1 aromatic rings. The van der Waals surface area contributed by atoms with E-state index in [1.807, 2.05) is 11.8 Å². The number of hydrogen-bond donors (Lipinski definition) is 2. The third-order valence-corrected chi connectivity index (χ3v) is 5.03. The molecule has 0 aliphatic heterocycles. The predicted molar refractivity (Wildman–Crippen MR) is 94.7 cm³/mol. The summed E-state index contributed by atoms with van der Waals surface area (Å²) >= 11 is 1.96. The van der Waals surface area contributed by atoms with Gasteiger partial charge in [-0.15, -0.1) is 11.8 Å². The summed E-state index contributed by atoms with van der Waals surface area (Å²) in [7, 11) is 1.72. The van der Waals surface area contributed by atoms with E-state index < -0.39 is 0 Å². The first-order chi connectivity index (χ1) is 10.7. The fraction of sp³-hybridized carbons (Fsp3) is 0.588. The Hall–Kier alpha value is -1.20. The van der Waals surface area contributed by atoms with Crippen molar-refractivity contribution in [2.24, 2.45) is 4.99 Å². The largest absolute Gasteiger partial charge is 0.383 e. The highest BCUT2D eigenvalue weighted by molar-refractivity contribution is 8.01. The van der Waals surface area contributed by atoms with Crippen LogP contribution in [-0.4, -0.2) is 43.6 Å². The molecule has 0 bridgehead atoms. The third-order valence-electron chi connectivity index (χ3n) is 3.55. The number of nitrogens with one attached hydrogen (secondary N) is 2. The lowest BCUT2D eigenvalue weighted by atomic mass is 10.3. The van der Waals surface area contributed by atoms with Crippen LogP contribution in [0.5, 0.6) is 0 Å². The second-order valence-electron chi connectivity index (χ2n) is 5.79. The van der Waals surface area contributed by atoms with Crippen molar-refractivity contribution in [3.63, 3.8) is 0 Å². The second-order valence-corrected chi connectivity index (χ2v) is 7.34. The van der Waals surface area contributed by atoms with Gasteiger partial charge in [0.15, 0.2) is 5.96 Å². The van der Waals surface area contributed by atoms with E-state index in [4.69, 9.17) is 9.73 Å². The standard InChI is InChI=1S/C17H27N3OS/c1-4-18-16(20-14(2)12-21-3)19-13-17(10-11-17)22-15-8-6-5-7-9-15/h5-9,14H,4,10-13H2,1-3H3,(H2,18,19,20). The zero-order chi connectivity index (χ0) is 15.8. The number of methoxy groups -OCH3 is 1. The van der Waals surface area contributed by atoms with Gasteiger partial charge in [-0.1, -0.05) is 18.2 Å². The number of hydrogen-bond acceptors (Lipinski definition) is 3. The molecular weight excluding hydrogens is 294 g/mol. The fourth-order valence-electron chi connectivity index (χ4n) is 2.24. The molecule has 1 atom stereocenters. The zero-order valence-corrected chi connectivity index (χ0v) is 14.6. The highest BCUT2D eigenvalue weighted by atomic mass is 32.2. The first-order valence-corrected chi connectivity index (χ1v) is 8.77. The molecule has 1 fully saturated rings. The third kappa shape index (κ3) is 5.54. The van der Waals surface area contributed by atoms with Crippen molar-refractivity contribution < 1.29 is 4.74 Å². The fourth-order valence-corrected chi connectivity index (χ4v) is 3.47. The summed E-state index contributed by atoms with van der Waals surface area (Å²) in [6.07, 6.45) is 2.48. The van der Waals surface area contributed by atoms with Crippen LogP contribution in [0.4, 0.5) is 0 Å². The van der Waals surface area contributed by atoms with Crippen LogP contribution in [0.2, 0.25) is 0 Å². The molecule has 0 spiro atoms. The highest BCUT2D eigenvalue weighted by Crippen LogP contribution is 2.51. The van der Waals surface area contributed by atoms with Gasteiger partial charge in [0.1, 0.15) is 0 Å². The van der Waals surface area contributed by atoms with E-state index in [-0.39, 0.29) is 10.8 Å². The monoisotopic (exact) mass is 321 g/mol. The average molecular weight is 321 g/mol. The molecule has 0 amide bonds. The number of nitrogens with zero attached hydrogens (tertiary/aromatic N) is 1. The number of rotatable bonds is 8. The molecule has 1 aliphatic rings. The van der Waals surface area contributed by atoms with Gasteiger partial charge in [0.2, 0.25) is 0 Å². The summed E-state index contributed by atoms with van der Waals surface area (Å²) < 4.78 is 5.46. The number of thioether (sulfide) groups is 1. The van der Waals surface area contributed by atoms with Crippen molar-refractivity contribution in [3.05, 3.63) is 30.3 Å². The van der Waals surface area contributed by atoms with Crippen molar-refractivity contribution in [2.75, 3.05) is 26.8 Å². The number of guanidine groups is 1. The van der Waals surface area contributed by atoms with E-state index in [1.165, 1.54) is 17.7 Å². The summed E-state index contributed by atoms with van der Waals surface area (Å²) in [6.45, 7) is 6.58. The topological polar surface area (TPSA) is 45.7 Å². The van der Waals surface area contributed by atoms with Gasteiger partial charge in [-0.2, -0.15) is 0 Å². The molecule has 0 heterocycles. The van der Waals surface area contributed by atoms with Crippen LogP contribution in [0.3, 0.4) is 0 Å². The SMILES string of the molecule is CCNC(=NCC1(Sc2ccccc2)CC1)NC(C)COC. The highest BCUT2D eigenvalue weighted by Gasteiger charge is 2.43. The number of ether oxygens (including phenoxy) is 1. The van der Waals surface area contributed by atoms with E-state index in [1.54, 1.807) is 7.11 Å². The first-order valence-electron chi connectivity index (χ1n) is 7.95. The Balaban J connectivity index is 1.91. The van der Waals surface area contributed by atoms with Crippen molar-refractivity contribution in [3.8, 4) is 0 Å². The summed E-state index contributed by atoms with van der Waals surface area (Å²) in [6, 6.07) is 10.9. The molecule has 0 radical (unpaired) electrons. The molecule has 1 saturated carbocycles. The van der Waals surface area contributed by atoms with Gasteiger partial charge in [0.25, 0.3) is 0 Å². The molecule has 1 aromatic carbocycles. The van der Waals surface area contributed by atoms with Crippen molar-refractivity contribution >= 4 is 17.7 Å². The molecule has 5 heteroatoms. The van der Waals surface area contributed by atoms with Crippen LogP contribution >= 0.6 is 11.8 Å². The molecule has 122 valence electrons. The van der Waals surface area contributed by atoms with Crippen molar-refractivity contribution in [2.45, 2.75) is 42.4 Å². The normalized spacial score (nSPS) is 17.9. The maximum Gasteiger partial charge on any atom is 0.191 e. The molecule has 2 rings (SSSR count). The lowest BCUT2D eigenvalue weighted by molar-refractivity contribution is 0.179. The minimum atomic E-state index is 0.250. The summed E-state index contributed by atoms with van der Waals surface area (Å²) in [5.41, 5.74) is 0. The predicted octanol–water partition coefficient (Wildman–Crippen LogP) is 2.90. The van der Waals surface area contributed by atoms with Gasteiger partial charge >= 0.3 is 0 Å². The Bertz CT molecular complexity index is 474. The van der Waals surface area contributed by atoms with Gasteiger partial charge in [-0.3, -0.25) is 4.99 Å². The van der Waals surface area contributed by atoms with E-state index in [0.29, 0.717) is 6.61 Å². The molecule has 22 heavy (non-hydrogen) atoms. The van der Waals surface area contributed by atoms with E-state index in [9.17, 15) is 0 Å². The Morgan fingerprint density at radius 3 is 2.68 bits per heavy atom. The van der Waals surface area contributed by atoms with Crippen LogP contribution in [0.15, 0.2) is 40.2 Å². The molecular formula is C17H27N3OS. The molecule has 0 saturated heterocycles. The lowest BCUT2D eigenvalue weighted by Gasteiger charge is -2.18. The molecule has 0 aromatic heterocycles. The van der Waals surface area contributed by atoms with Gasteiger partial charge in [-0.05, 0) is 38.8 Å². The lowest BCUT2D eigenvalue weighted by Crippen LogP contribution is -2.44. The van der Waals surface area contributed by atoms with Crippen LogP contribution in [0.1, 0.15) is 26.7 Å². The Labute approximate surface area is 138 Å². The molecule has 2 N–H and O–H groups in total. The van der Waals surface area contributed by atoms with Crippen molar-refractivity contribution in [1.29, 1.82) is 0 Å². The van der Waals surface area contributed by atoms with E-state index >= 15 is 0 Å². The van der Waals surface area contributed by atoms with Gasteiger partial charge in [0.05, 0.1) is 13.2 Å². The molecule has 4 nitrogen and oxygen atoms in total. The molecule has 1 unspecified atom stereocenters. The van der Waals surface area contributed by atoms with E-state index in [2.05, 4.69) is 54.8 Å². The van der Waals surface area contributed by atoms with Gasteiger partial charge in [0, 0.05) is 29.3 Å². The minimum absolute atomic E-state index is 0.250. The van der Waals surface area contributed by atoms with Crippen LogP contribution < -0.4 is 10.6 Å². The quantitative estimate of drug-likeness (QED) is 0.571. The van der Waals surface area contributed by atoms with Crippen LogP contribution in [0, 0.1) is 0 Å². The second kappa shape index (κ2) is 8.44. The Kier molecular flexibility index (Phi) is 6.58. The molecule has 1 aliphatic carbocycles. The number of aliphatic imine (C=N–C) groups is 1. The minimum Gasteiger partial charge on any atom is -0.383 e. The van der Waals surface area contributed by atoms with Gasteiger partial charge in [-0.25, -0.2) is 0 Å². The zero-order valence-electron chi connectivity index (χ0n) is 13.8. The van der Waals surface area contributed by atoms with Gasteiger partial charge < -0.3 is 15.4 Å².